The average Bonchev–Trinajstić information content (AvgIpc) is 3.11. The van der Waals surface area contributed by atoms with Crippen molar-refractivity contribution in [1.29, 1.82) is 0 Å². The molecule has 0 aromatic carbocycles. The van der Waals surface area contributed by atoms with Crippen molar-refractivity contribution in [3.8, 4) is 0 Å². The first-order valence-electron chi connectivity index (χ1n) is 8.06. The van der Waals surface area contributed by atoms with Crippen LogP contribution >= 0.6 is 11.6 Å². The van der Waals surface area contributed by atoms with Gasteiger partial charge in [0.2, 0.25) is 0 Å². The van der Waals surface area contributed by atoms with E-state index in [0.29, 0.717) is 5.02 Å². The summed E-state index contributed by atoms with van der Waals surface area (Å²) < 4.78 is 1.97. The maximum absolute atomic E-state index is 6.43. The van der Waals surface area contributed by atoms with Crippen molar-refractivity contribution in [3.05, 3.63) is 16.9 Å². The van der Waals surface area contributed by atoms with Gasteiger partial charge in [-0.15, -0.1) is 0 Å². The molecule has 1 aromatic rings. The van der Waals surface area contributed by atoms with Gasteiger partial charge in [0.25, 0.3) is 0 Å². The van der Waals surface area contributed by atoms with Crippen molar-refractivity contribution in [1.82, 2.24) is 20.1 Å². The molecule has 6 heteroatoms. The molecule has 1 aliphatic carbocycles. The van der Waals surface area contributed by atoms with E-state index in [1.54, 1.807) is 6.20 Å². The summed E-state index contributed by atoms with van der Waals surface area (Å²) >= 11 is 6.43. The third kappa shape index (κ3) is 2.84. The first-order valence-corrected chi connectivity index (χ1v) is 8.44. The van der Waals surface area contributed by atoms with E-state index in [0.717, 1.165) is 38.2 Å². The maximum Gasteiger partial charge on any atom is 0.0835 e. The number of halogens is 1. The Morgan fingerprint density at radius 3 is 2.48 bits per heavy atom. The molecule has 5 nitrogen and oxygen atoms in total. The zero-order valence-electron chi connectivity index (χ0n) is 13.4. The number of nitrogens with two attached hydrogens (primary N) is 1. The van der Waals surface area contributed by atoms with E-state index in [1.165, 1.54) is 12.8 Å². The largest absolute Gasteiger partial charge is 0.296 e. The van der Waals surface area contributed by atoms with Gasteiger partial charge < -0.3 is 0 Å². The highest BCUT2D eigenvalue weighted by molar-refractivity contribution is 6.31. The van der Waals surface area contributed by atoms with Gasteiger partial charge in [0, 0.05) is 12.1 Å². The predicted octanol–water partition coefficient (Wildman–Crippen LogP) is 2.72. The molecule has 120 valence electrons. The third-order valence-electron chi connectivity index (χ3n) is 4.97. The molecule has 1 heterocycles. The summed E-state index contributed by atoms with van der Waals surface area (Å²) in [5.41, 5.74) is 4.13. The number of aryl methyl sites for hydroxylation is 1. The van der Waals surface area contributed by atoms with Crippen LogP contribution in [-0.4, -0.2) is 33.3 Å². The number of aromatic nitrogens is 2. The number of hydrogen-bond donors (Lipinski definition) is 2. The summed E-state index contributed by atoms with van der Waals surface area (Å²) in [5, 5.41) is 5.09. The molecular weight excluding hydrogens is 286 g/mol. The fourth-order valence-corrected chi connectivity index (χ4v) is 4.28. The monoisotopic (exact) mass is 313 g/mol. The Morgan fingerprint density at radius 1 is 1.38 bits per heavy atom. The Hall–Kier alpha value is -0.620. The molecule has 0 bridgehead atoms. The summed E-state index contributed by atoms with van der Waals surface area (Å²) in [7, 11) is 0. The Kier molecular flexibility index (Phi) is 5.66. The topological polar surface area (TPSA) is 59.1 Å². The van der Waals surface area contributed by atoms with E-state index in [9.17, 15) is 0 Å². The SMILES string of the molecule is CCN(CC)C1(C(NN)c2c(Cl)cnn2CC)CCCC1. The van der Waals surface area contributed by atoms with Crippen molar-refractivity contribution < 1.29 is 0 Å². The number of hydrazine groups is 1. The molecule has 21 heavy (non-hydrogen) atoms. The number of rotatable bonds is 7. The van der Waals surface area contributed by atoms with Gasteiger partial charge in [0.1, 0.15) is 0 Å². The van der Waals surface area contributed by atoms with Crippen LogP contribution < -0.4 is 11.3 Å². The lowest BCUT2D eigenvalue weighted by Crippen LogP contribution is -2.56. The van der Waals surface area contributed by atoms with Gasteiger partial charge in [-0.05, 0) is 32.9 Å². The lowest BCUT2D eigenvalue weighted by atomic mass is 9.84. The molecule has 0 radical (unpaired) electrons. The Bertz CT molecular complexity index is 449. The van der Waals surface area contributed by atoms with Crippen LogP contribution in [-0.2, 0) is 6.54 Å². The standard InChI is InChI=1S/C15H28ClN5/c1-4-20(5-2)15(9-7-8-10-15)14(19-17)13-12(16)11-18-21(13)6-3/h11,14,19H,4-10,17H2,1-3H3. The highest BCUT2D eigenvalue weighted by Gasteiger charge is 2.47. The summed E-state index contributed by atoms with van der Waals surface area (Å²) in [6.07, 6.45) is 6.51. The first kappa shape index (κ1) is 16.7. The molecule has 1 atom stereocenters. The van der Waals surface area contributed by atoms with Crippen molar-refractivity contribution >= 4 is 11.6 Å². The van der Waals surface area contributed by atoms with Gasteiger partial charge in [-0.1, -0.05) is 38.3 Å². The molecule has 0 saturated heterocycles. The van der Waals surface area contributed by atoms with E-state index in [4.69, 9.17) is 17.4 Å². The van der Waals surface area contributed by atoms with E-state index >= 15 is 0 Å². The minimum atomic E-state index is 0.00912. The highest BCUT2D eigenvalue weighted by Crippen LogP contribution is 2.45. The molecule has 3 N–H and O–H groups in total. The maximum atomic E-state index is 6.43. The van der Waals surface area contributed by atoms with Crippen LogP contribution in [0.1, 0.15) is 58.2 Å². The van der Waals surface area contributed by atoms with Crippen LogP contribution in [0.2, 0.25) is 5.02 Å². The van der Waals surface area contributed by atoms with Gasteiger partial charge in [-0.25, -0.2) is 5.43 Å². The Balaban J connectivity index is 2.48. The van der Waals surface area contributed by atoms with E-state index in [2.05, 4.69) is 36.2 Å². The molecule has 0 spiro atoms. The van der Waals surface area contributed by atoms with Crippen LogP contribution in [0.3, 0.4) is 0 Å². The fraction of sp³-hybridized carbons (Fsp3) is 0.800. The Morgan fingerprint density at radius 2 is 2.00 bits per heavy atom. The van der Waals surface area contributed by atoms with Gasteiger partial charge in [-0.2, -0.15) is 5.10 Å². The molecule has 1 aliphatic rings. The minimum absolute atomic E-state index is 0.00912. The van der Waals surface area contributed by atoms with Gasteiger partial charge in [-0.3, -0.25) is 15.4 Å². The van der Waals surface area contributed by atoms with Crippen LogP contribution in [0.4, 0.5) is 0 Å². The van der Waals surface area contributed by atoms with E-state index in [1.807, 2.05) is 4.68 Å². The van der Waals surface area contributed by atoms with Crippen LogP contribution in [0.15, 0.2) is 6.20 Å². The fourth-order valence-electron chi connectivity index (χ4n) is 4.03. The highest BCUT2D eigenvalue weighted by atomic mass is 35.5. The van der Waals surface area contributed by atoms with E-state index < -0.39 is 0 Å². The van der Waals surface area contributed by atoms with Gasteiger partial charge >= 0.3 is 0 Å². The molecule has 1 fully saturated rings. The number of hydrogen-bond acceptors (Lipinski definition) is 4. The number of nitrogens with one attached hydrogen (secondary N) is 1. The van der Waals surface area contributed by atoms with Crippen molar-refractivity contribution in [2.75, 3.05) is 13.1 Å². The van der Waals surface area contributed by atoms with Gasteiger partial charge in [0.05, 0.1) is 23.0 Å². The summed E-state index contributed by atoms with van der Waals surface area (Å²) in [4.78, 5) is 2.54. The van der Waals surface area contributed by atoms with Crippen LogP contribution in [0.25, 0.3) is 0 Å². The minimum Gasteiger partial charge on any atom is -0.296 e. The zero-order valence-corrected chi connectivity index (χ0v) is 14.2. The second-order valence-electron chi connectivity index (χ2n) is 5.78. The second-order valence-corrected chi connectivity index (χ2v) is 6.18. The van der Waals surface area contributed by atoms with Crippen molar-refractivity contribution in [2.24, 2.45) is 5.84 Å². The molecule has 2 rings (SSSR count). The van der Waals surface area contributed by atoms with Crippen LogP contribution in [0, 0.1) is 0 Å². The Labute approximate surface area is 132 Å². The summed E-state index contributed by atoms with van der Waals surface area (Å²) in [5.74, 6) is 5.99. The zero-order chi connectivity index (χ0) is 15.5. The third-order valence-corrected chi connectivity index (χ3v) is 5.26. The quantitative estimate of drug-likeness (QED) is 0.600. The first-order chi connectivity index (χ1) is 10.1. The number of likely N-dealkylation sites (N-methyl/N-ethyl adjacent to an activating group) is 1. The second kappa shape index (κ2) is 7.09. The molecule has 0 aliphatic heterocycles. The molecular formula is C15H28ClN5. The molecule has 1 saturated carbocycles. The smallest absolute Gasteiger partial charge is 0.0835 e. The molecule has 1 unspecified atom stereocenters. The lowest BCUT2D eigenvalue weighted by Gasteiger charge is -2.46. The molecule has 1 aromatic heterocycles. The summed E-state index contributed by atoms with van der Waals surface area (Å²) in [6, 6.07) is 0.00912. The number of nitrogens with zero attached hydrogens (tertiary/aromatic N) is 3. The van der Waals surface area contributed by atoms with Crippen LogP contribution in [0.5, 0.6) is 0 Å². The summed E-state index contributed by atoms with van der Waals surface area (Å²) in [6.45, 7) is 9.36. The van der Waals surface area contributed by atoms with E-state index in [-0.39, 0.29) is 11.6 Å². The molecule has 0 amide bonds. The average molecular weight is 314 g/mol. The normalized spacial score (nSPS) is 19.3. The van der Waals surface area contributed by atoms with Crippen molar-refractivity contribution in [3.63, 3.8) is 0 Å². The van der Waals surface area contributed by atoms with Crippen molar-refractivity contribution in [2.45, 2.75) is 64.6 Å². The van der Waals surface area contributed by atoms with Gasteiger partial charge in [0.15, 0.2) is 0 Å². The lowest BCUT2D eigenvalue weighted by molar-refractivity contribution is 0.0593. The predicted molar refractivity (Wildman–Crippen MR) is 87.1 cm³/mol.